The van der Waals surface area contributed by atoms with E-state index in [0.717, 1.165) is 12.8 Å². The molecule has 0 amide bonds. The van der Waals surface area contributed by atoms with Gasteiger partial charge in [-0.3, -0.25) is 4.79 Å². The molecule has 0 unspecified atom stereocenters. The Balaban J connectivity index is 2.25. The van der Waals surface area contributed by atoms with E-state index >= 15 is 0 Å². The van der Waals surface area contributed by atoms with E-state index in [2.05, 4.69) is 0 Å². The summed E-state index contributed by atoms with van der Waals surface area (Å²) in [4.78, 5) is 10.5. The Labute approximate surface area is 49.1 Å². The first-order valence-corrected chi connectivity index (χ1v) is 2.96. The van der Waals surface area contributed by atoms with E-state index in [1.807, 2.05) is 0 Å². The molecule has 1 aliphatic carbocycles. The van der Waals surface area contributed by atoms with E-state index in [1.54, 1.807) is 6.92 Å². The molecule has 1 saturated carbocycles. The van der Waals surface area contributed by atoms with Crippen LogP contribution in [-0.4, -0.2) is 11.8 Å². The number of ketones is 1. The van der Waals surface area contributed by atoms with E-state index in [-0.39, 0.29) is 0 Å². The normalized spacial score (nSPS) is 36.2. The van der Waals surface area contributed by atoms with Crippen molar-refractivity contribution in [3.63, 3.8) is 0 Å². The number of carbonyl (C=O) groups is 1. The summed E-state index contributed by atoms with van der Waals surface area (Å²) in [5.74, 6) is 0.594. The molecule has 8 heavy (non-hydrogen) atoms. The zero-order valence-electron chi connectivity index (χ0n) is 5.05. The molecule has 1 aliphatic rings. The standard InChI is InChI=1S/C6H11NO/c1-4(8)5-2-6(7)3-5/h5-6H,2-3,7H2,1H3/t5-,6-. The highest BCUT2D eigenvalue weighted by atomic mass is 16.1. The third-order valence-corrected chi connectivity index (χ3v) is 1.75. The van der Waals surface area contributed by atoms with Gasteiger partial charge in [-0.1, -0.05) is 0 Å². The van der Waals surface area contributed by atoms with Crippen LogP contribution < -0.4 is 5.73 Å². The summed E-state index contributed by atoms with van der Waals surface area (Å²) in [6.45, 7) is 1.64. The highest BCUT2D eigenvalue weighted by Crippen LogP contribution is 2.25. The van der Waals surface area contributed by atoms with Crippen molar-refractivity contribution in [1.82, 2.24) is 0 Å². The van der Waals surface area contributed by atoms with E-state index in [9.17, 15) is 4.79 Å². The maximum atomic E-state index is 10.5. The Hall–Kier alpha value is -0.370. The maximum Gasteiger partial charge on any atom is 0.133 e. The van der Waals surface area contributed by atoms with Gasteiger partial charge in [-0.05, 0) is 19.8 Å². The number of Topliss-reactive ketones (excluding diaryl/α,β-unsaturated/α-hetero) is 1. The lowest BCUT2D eigenvalue weighted by atomic mass is 9.79. The lowest BCUT2D eigenvalue weighted by Gasteiger charge is -2.29. The monoisotopic (exact) mass is 113 g/mol. The first kappa shape index (κ1) is 5.76. The number of hydrogen-bond donors (Lipinski definition) is 1. The van der Waals surface area contributed by atoms with Gasteiger partial charge >= 0.3 is 0 Å². The van der Waals surface area contributed by atoms with Gasteiger partial charge in [-0.2, -0.15) is 0 Å². The minimum Gasteiger partial charge on any atom is -0.328 e. The summed E-state index contributed by atoms with van der Waals surface area (Å²) in [6.07, 6.45) is 1.82. The molecule has 1 fully saturated rings. The Morgan fingerprint density at radius 3 is 2.25 bits per heavy atom. The lowest BCUT2D eigenvalue weighted by Crippen LogP contribution is -2.39. The first-order valence-electron chi connectivity index (χ1n) is 2.96. The molecule has 2 nitrogen and oxygen atoms in total. The van der Waals surface area contributed by atoms with E-state index < -0.39 is 0 Å². The van der Waals surface area contributed by atoms with Crippen LogP contribution in [0.2, 0.25) is 0 Å². The van der Waals surface area contributed by atoms with Gasteiger partial charge in [0.2, 0.25) is 0 Å². The summed E-state index contributed by atoms with van der Waals surface area (Å²) in [7, 11) is 0. The van der Waals surface area contributed by atoms with Crippen molar-refractivity contribution in [3.8, 4) is 0 Å². The number of carbonyl (C=O) groups excluding carboxylic acids is 1. The van der Waals surface area contributed by atoms with Crippen LogP contribution in [0.4, 0.5) is 0 Å². The molecule has 2 heteroatoms. The van der Waals surface area contributed by atoms with Gasteiger partial charge in [-0.25, -0.2) is 0 Å². The molecule has 0 heterocycles. The lowest BCUT2D eigenvalue weighted by molar-refractivity contribution is -0.123. The molecular weight excluding hydrogens is 102 g/mol. The summed E-state index contributed by atoms with van der Waals surface area (Å²) < 4.78 is 0. The molecule has 0 aromatic carbocycles. The molecule has 46 valence electrons. The molecule has 1 rings (SSSR count). The highest BCUT2D eigenvalue weighted by Gasteiger charge is 2.28. The molecule has 0 saturated heterocycles. The zero-order valence-corrected chi connectivity index (χ0v) is 5.05. The van der Waals surface area contributed by atoms with Gasteiger partial charge in [0.25, 0.3) is 0 Å². The van der Waals surface area contributed by atoms with Crippen molar-refractivity contribution in [3.05, 3.63) is 0 Å². The van der Waals surface area contributed by atoms with Crippen molar-refractivity contribution in [2.24, 2.45) is 11.7 Å². The van der Waals surface area contributed by atoms with Crippen molar-refractivity contribution in [1.29, 1.82) is 0 Å². The van der Waals surface area contributed by atoms with Gasteiger partial charge in [0.1, 0.15) is 5.78 Å². The minimum atomic E-state index is 0.296. The van der Waals surface area contributed by atoms with Crippen LogP contribution in [0.1, 0.15) is 19.8 Å². The second kappa shape index (κ2) is 1.86. The Morgan fingerprint density at radius 2 is 2.12 bits per heavy atom. The third-order valence-electron chi connectivity index (χ3n) is 1.75. The molecule has 2 N–H and O–H groups in total. The average Bonchev–Trinajstić information content (AvgIpc) is 1.57. The average molecular weight is 113 g/mol. The van der Waals surface area contributed by atoms with E-state index in [1.165, 1.54) is 0 Å². The van der Waals surface area contributed by atoms with Crippen molar-refractivity contribution < 1.29 is 4.79 Å². The Kier molecular flexibility index (Phi) is 1.34. The van der Waals surface area contributed by atoms with E-state index in [0.29, 0.717) is 17.7 Å². The fourth-order valence-corrected chi connectivity index (χ4v) is 0.994. The van der Waals surface area contributed by atoms with Gasteiger partial charge in [-0.15, -0.1) is 0 Å². The highest BCUT2D eigenvalue weighted by molar-refractivity contribution is 5.79. The quantitative estimate of drug-likeness (QED) is 0.532. The van der Waals surface area contributed by atoms with Crippen LogP contribution >= 0.6 is 0 Å². The molecular formula is C6H11NO. The van der Waals surface area contributed by atoms with Crippen LogP contribution in [0.25, 0.3) is 0 Å². The molecule has 0 radical (unpaired) electrons. The fraction of sp³-hybridized carbons (Fsp3) is 0.833. The smallest absolute Gasteiger partial charge is 0.133 e. The molecule has 0 bridgehead atoms. The van der Waals surface area contributed by atoms with Crippen LogP contribution in [0.3, 0.4) is 0 Å². The SMILES string of the molecule is CC(=O)[C@H]1C[C@H](N)C1. The Bertz CT molecular complexity index is 105. The number of nitrogens with two attached hydrogens (primary N) is 1. The predicted molar refractivity (Wildman–Crippen MR) is 31.4 cm³/mol. The zero-order chi connectivity index (χ0) is 6.15. The molecule has 0 atom stereocenters. The third kappa shape index (κ3) is 0.892. The fourth-order valence-electron chi connectivity index (χ4n) is 0.994. The second-order valence-corrected chi connectivity index (χ2v) is 2.54. The number of rotatable bonds is 1. The van der Waals surface area contributed by atoms with Gasteiger partial charge < -0.3 is 5.73 Å². The van der Waals surface area contributed by atoms with Gasteiger partial charge in [0.05, 0.1) is 0 Å². The van der Waals surface area contributed by atoms with Crippen molar-refractivity contribution in [2.45, 2.75) is 25.8 Å². The minimum absolute atomic E-state index is 0.296. The number of hydrogen-bond acceptors (Lipinski definition) is 2. The predicted octanol–water partition coefficient (Wildman–Crippen LogP) is 0.313. The first-order chi connectivity index (χ1) is 3.70. The summed E-state index contributed by atoms with van der Waals surface area (Å²) >= 11 is 0. The van der Waals surface area contributed by atoms with Crippen molar-refractivity contribution >= 4 is 5.78 Å². The van der Waals surface area contributed by atoms with Crippen LogP contribution in [0, 0.1) is 5.92 Å². The second-order valence-electron chi connectivity index (χ2n) is 2.54. The van der Waals surface area contributed by atoms with Gasteiger partial charge in [0.15, 0.2) is 0 Å². The Morgan fingerprint density at radius 1 is 1.62 bits per heavy atom. The van der Waals surface area contributed by atoms with Crippen LogP contribution in [0.5, 0.6) is 0 Å². The summed E-state index contributed by atoms with van der Waals surface area (Å²) in [6, 6.07) is 0.309. The molecule has 0 spiro atoms. The molecule has 0 aromatic heterocycles. The summed E-state index contributed by atoms with van der Waals surface area (Å²) in [5, 5.41) is 0. The van der Waals surface area contributed by atoms with Crippen molar-refractivity contribution in [2.75, 3.05) is 0 Å². The van der Waals surface area contributed by atoms with Gasteiger partial charge in [0, 0.05) is 12.0 Å². The molecule has 0 aromatic rings. The summed E-state index contributed by atoms with van der Waals surface area (Å²) in [5.41, 5.74) is 5.45. The van der Waals surface area contributed by atoms with Crippen LogP contribution in [0.15, 0.2) is 0 Å². The maximum absolute atomic E-state index is 10.5. The molecule has 0 aliphatic heterocycles. The van der Waals surface area contributed by atoms with E-state index in [4.69, 9.17) is 5.73 Å². The largest absolute Gasteiger partial charge is 0.328 e. The van der Waals surface area contributed by atoms with Crippen LogP contribution in [-0.2, 0) is 4.79 Å². The topological polar surface area (TPSA) is 43.1 Å².